The van der Waals surface area contributed by atoms with E-state index in [9.17, 15) is 4.79 Å². The Bertz CT molecular complexity index is 1650. The van der Waals surface area contributed by atoms with E-state index < -0.39 is 0 Å². The lowest BCUT2D eigenvalue weighted by Crippen LogP contribution is -2.20. The lowest BCUT2D eigenvalue weighted by Gasteiger charge is -2.12. The molecule has 3 aromatic carbocycles. The zero-order valence-electron chi connectivity index (χ0n) is 20.0. The number of halogens is 3. The van der Waals surface area contributed by atoms with E-state index in [0.29, 0.717) is 28.8 Å². The van der Waals surface area contributed by atoms with Crippen LogP contribution in [0.4, 0.5) is 5.82 Å². The first-order valence-electron chi connectivity index (χ1n) is 11.8. The Labute approximate surface area is 238 Å². The van der Waals surface area contributed by atoms with Crippen molar-refractivity contribution in [2.75, 3.05) is 5.32 Å². The summed E-state index contributed by atoms with van der Waals surface area (Å²) in [5.74, 6) is 0.601. The molecule has 0 bridgehead atoms. The third-order valence-electron chi connectivity index (χ3n) is 5.79. The summed E-state index contributed by atoms with van der Waals surface area (Å²) in [4.78, 5) is 17.0. The Balaban J connectivity index is 1.27. The second-order valence-electron chi connectivity index (χ2n) is 8.51. The number of aromatic nitrogens is 3. The van der Waals surface area contributed by atoms with Gasteiger partial charge in [0.15, 0.2) is 5.65 Å². The summed E-state index contributed by atoms with van der Waals surface area (Å²) in [7, 11) is 0. The number of rotatable bonds is 8. The first-order chi connectivity index (χ1) is 18.5. The monoisotopic (exact) mass is 605 g/mol. The number of hydrogen-bond acceptors (Lipinski definition) is 4. The fourth-order valence-corrected chi connectivity index (χ4v) is 4.72. The van der Waals surface area contributed by atoms with Crippen LogP contribution in [-0.2, 0) is 17.9 Å². The van der Waals surface area contributed by atoms with Gasteiger partial charge in [-0.25, -0.2) is 4.98 Å². The van der Waals surface area contributed by atoms with Crippen LogP contribution in [0.5, 0.6) is 0 Å². The molecule has 2 aromatic heterocycles. The van der Waals surface area contributed by atoms with Crippen molar-refractivity contribution in [2.24, 2.45) is 0 Å². The first-order valence-corrected chi connectivity index (χ1v) is 13.3. The lowest BCUT2D eigenvalue weighted by atomic mass is 10.1. The van der Waals surface area contributed by atoms with Crippen LogP contribution in [-0.4, -0.2) is 20.5 Å². The molecule has 5 aromatic rings. The molecule has 0 fully saturated rings. The Kier molecular flexibility index (Phi) is 8.08. The molecule has 6 nitrogen and oxygen atoms in total. The average Bonchev–Trinajstić information content (AvgIpc) is 3.30. The zero-order valence-corrected chi connectivity index (χ0v) is 23.1. The molecule has 9 heteroatoms. The van der Waals surface area contributed by atoms with Crippen LogP contribution >= 0.6 is 39.1 Å². The van der Waals surface area contributed by atoms with E-state index in [2.05, 4.69) is 37.7 Å². The fourth-order valence-electron chi connectivity index (χ4n) is 3.94. The number of nitrogens with zero attached hydrogens (tertiary/aromatic N) is 3. The van der Waals surface area contributed by atoms with Crippen molar-refractivity contribution in [3.05, 3.63) is 122 Å². The third-order valence-corrected chi connectivity index (χ3v) is 6.91. The molecule has 190 valence electrons. The standard InChI is InChI=1S/C29H22BrCl2N5O/c30-24-18-35-37-27(15-26(36-29(24)37)23-9-1-2-10-25(23)32)33-16-20-6-3-7-21(13-20)17-34-28(38)12-11-19-5-4-8-22(31)14-19/h1-15,18,33H,16-17H2,(H,34,38). The Morgan fingerprint density at radius 3 is 2.55 bits per heavy atom. The van der Waals surface area contributed by atoms with Crippen LogP contribution in [0.3, 0.4) is 0 Å². The topological polar surface area (TPSA) is 71.3 Å². The molecule has 0 spiro atoms. The number of nitrogens with one attached hydrogen (secondary N) is 2. The summed E-state index contributed by atoms with van der Waals surface area (Å²) < 4.78 is 2.54. The molecule has 0 aliphatic rings. The van der Waals surface area contributed by atoms with Gasteiger partial charge in [0.2, 0.25) is 5.91 Å². The van der Waals surface area contributed by atoms with Gasteiger partial charge >= 0.3 is 0 Å². The van der Waals surface area contributed by atoms with Crippen LogP contribution in [0.25, 0.3) is 23.0 Å². The van der Waals surface area contributed by atoms with Crippen LogP contribution < -0.4 is 10.6 Å². The highest BCUT2D eigenvalue weighted by atomic mass is 79.9. The van der Waals surface area contributed by atoms with E-state index >= 15 is 0 Å². The van der Waals surface area contributed by atoms with Gasteiger partial charge < -0.3 is 10.6 Å². The number of amides is 1. The molecular weight excluding hydrogens is 585 g/mol. The van der Waals surface area contributed by atoms with Crippen molar-refractivity contribution in [1.29, 1.82) is 0 Å². The molecule has 0 unspecified atom stereocenters. The molecule has 0 saturated heterocycles. The van der Waals surface area contributed by atoms with Crippen molar-refractivity contribution in [3.8, 4) is 11.3 Å². The summed E-state index contributed by atoms with van der Waals surface area (Å²) in [6, 6.07) is 24.9. The minimum Gasteiger partial charge on any atom is -0.366 e. The van der Waals surface area contributed by atoms with E-state index in [1.807, 2.05) is 60.7 Å². The van der Waals surface area contributed by atoms with Crippen molar-refractivity contribution < 1.29 is 4.79 Å². The highest BCUT2D eigenvalue weighted by Crippen LogP contribution is 2.30. The van der Waals surface area contributed by atoms with Crippen molar-refractivity contribution >= 4 is 62.6 Å². The van der Waals surface area contributed by atoms with Crippen LogP contribution in [0.15, 0.2) is 95.6 Å². The summed E-state index contributed by atoms with van der Waals surface area (Å²) in [5.41, 5.74) is 5.19. The molecule has 38 heavy (non-hydrogen) atoms. The van der Waals surface area contributed by atoms with Crippen molar-refractivity contribution in [3.63, 3.8) is 0 Å². The van der Waals surface area contributed by atoms with E-state index in [1.54, 1.807) is 28.9 Å². The molecule has 5 rings (SSSR count). The molecule has 0 radical (unpaired) electrons. The maximum Gasteiger partial charge on any atom is 0.244 e. The van der Waals surface area contributed by atoms with E-state index in [0.717, 1.165) is 38.2 Å². The maximum atomic E-state index is 12.3. The third kappa shape index (κ3) is 6.25. The van der Waals surface area contributed by atoms with Crippen LogP contribution in [0.1, 0.15) is 16.7 Å². The Hall–Kier alpha value is -3.65. The minimum atomic E-state index is -0.177. The molecule has 0 saturated carbocycles. The quantitative estimate of drug-likeness (QED) is 0.180. The molecule has 0 atom stereocenters. The van der Waals surface area contributed by atoms with Gasteiger partial charge in [0.1, 0.15) is 5.82 Å². The molecular formula is C29H22BrCl2N5O. The molecule has 1 amide bonds. The Morgan fingerprint density at radius 1 is 0.947 bits per heavy atom. The van der Waals surface area contributed by atoms with E-state index in [4.69, 9.17) is 28.2 Å². The predicted molar refractivity (Wildman–Crippen MR) is 157 cm³/mol. The second kappa shape index (κ2) is 11.8. The van der Waals surface area contributed by atoms with Gasteiger partial charge in [-0.05, 0) is 56.9 Å². The van der Waals surface area contributed by atoms with Crippen LogP contribution in [0, 0.1) is 0 Å². The molecule has 0 aliphatic heterocycles. The van der Waals surface area contributed by atoms with Crippen molar-refractivity contribution in [1.82, 2.24) is 19.9 Å². The van der Waals surface area contributed by atoms with Crippen LogP contribution in [0.2, 0.25) is 10.0 Å². The average molecular weight is 607 g/mol. The summed E-state index contributed by atoms with van der Waals surface area (Å²) in [5, 5.41) is 12.1. The SMILES string of the molecule is O=C(C=Cc1cccc(Cl)c1)NCc1cccc(CNc2cc(-c3ccccc3Cl)nc3c(Br)cnn23)c1. The van der Waals surface area contributed by atoms with Gasteiger partial charge in [-0.3, -0.25) is 4.79 Å². The second-order valence-corrected chi connectivity index (χ2v) is 10.2. The highest BCUT2D eigenvalue weighted by Gasteiger charge is 2.13. The van der Waals surface area contributed by atoms with Gasteiger partial charge in [0.05, 0.1) is 16.4 Å². The normalized spacial score (nSPS) is 11.2. The number of anilines is 1. The highest BCUT2D eigenvalue weighted by molar-refractivity contribution is 9.10. The number of carbonyl (C=O) groups is 1. The maximum absolute atomic E-state index is 12.3. The number of fused-ring (bicyclic) bond motifs is 1. The van der Waals surface area contributed by atoms with E-state index in [-0.39, 0.29) is 5.91 Å². The van der Waals surface area contributed by atoms with Gasteiger partial charge in [-0.1, -0.05) is 77.8 Å². The number of carbonyl (C=O) groups excluding carboxylic acids is 1. The first kappa shape index (κ1) is 26.0. The predicted octanol–water partition coefficient (Wildman–Crippen LogP) is 7.41. The minimum absolute atomic E-state index is 0.177. The lowest BCUT2D eigenvalue weighted by molar-refractivity contribution is -0.116. The summed E-state index contributed by atoms with van der Waals surface area (Å²) in [6.07, 6.45) is 4.96. The molecule has 2 N–H and O–H groups in total. The summed E-state index contributed by atoms with van der Waals surface area (Å²) >= 11 is 16.0. The molecule has 0 aliphatic carbocycles. The van der Waals surface area contributed by atoms with Gasteiger partial charge in [-0.15, -0.1) is 0 Å². The summed E-state index contributed by atoms with van der Waals surface area (Å²) in [6.45, 7) is 0.962. The number of hydrogen-bond donors (Lipinski definition) is 2. The fraction of sp³-hybridized carbons (Fsp3) is 0.0690. The number of benzene rings is 3. The Morgan fingerprint density at radius 2 is 1.74 bits per heavy atom. The molecule has 2 heterocycles. The van der Waals surface area contributed by atoms with Gasteiger partial charge in [0.25, 0.3) is 0 Å². The van der Waals surface area contributed by atoms with Gasteiger partial charge in [-0.2, -0.15) is 9.61 Å². The van der Waals surface area contributed by atoms with Crippen molar-refractivity contribution in [2.45, 2.75) is 13.1 Å². The largest absolute Gasteiger partial charge is 0.366 e. The van der Waals surface area contributed by atoms with E-state index in [1.165, 1.54) is 6.08 Å². The zero-order chi connectivity index (χ0) is 26.5. The smallest absolute Gasteiger partial charge is 0.244 e. The van der Waals surface area contributed by atoms with Gasteiger partial charge in [0, 0.05) is 40.8 Å².